The van der Waals surface area contributed by atoms with Crippen LogP contribution < -0.4 is 10.2 Å². The van der Waals surface area contributed by atoms with E-state index < -0.39 is 0 Å². The molecule has 0 aliphatic carbocycles. The van der Waals surface area contributed by atoms with Crippen LogP contribution in [0, 0.1) is 6.92 Å². The van der Waals surface area contributed by atoms with Crippen LogP contribution in [0.4, 0.5) is 11.4 Å². The lowest BCUT2D eigenvalue weighted by Gasteiger charge is -2.17. The first-order valence-electron chi connectivity index (χ1n) is 5.82. The maximum Gasteiger partial charge on any atom is 0.291 e. The van der Waals surface area contributed by atoms with E-state index in [0.29, 0.717) is 16.5 Å². The van der Waals surface area contributed by atoms with Crippen molar-refractivity contribution >= 4 is 28.9 Å². The molecule has 1 aromatic carbocycles. The third kappa shape index (κ3) is 3.09. The zero-order valence-electron chi connectivity index (χ0n) is 11.0. The number of benzene rings is 1. The Morgan fingerprint density at radius 3 is 2.58 bits per heavy atom. The van der Waals surface area contributed by atoms with Crippen LogP contribution in [-0.2, 0) is 0 Å². The molecule has 1 heterocycles. The number of furan rings is 1. The molecule has 100 valence electrons. The largest absolute Gasteiger partial charge is 0.456 e. The number of hydrogen-bond acceptors (Lipinski definition) is 3. The molecule has 0 aliphatic heterocycles. The van der Waals surface area contributed by atoms with Crippen LogP contribution in [0.5, 0.6) is 0 Å². The van der Waals surface area contributed by atoms with Gasteiger partial charge in [0.15, 0.2) is 5.76 Å². The van der Waals surface area contributed by atoms with Crippen LogP contribution in [0.25, 0.3) is 0 Å². The summed E-state index contributed by atoms with van der Waals surface area (Å²) in [6, 6.07) is 8.74. The van der Waals surface area contributed by atoms with E-state index in [2.05, 4.69) is 5.32 Å². The first kappa shape index (κ1) is 13.5. The van der Waals surface area contributed by atoms with Gasteiger partial charge in [0.25, 0.3) is 5.91 Å². The van der Waals surface area contributed by atoms with E-state index in [1.54, 1.807) is 31.2 Å². The third-order valence-corrected chi connectivity index (χ3v) is 2.89. The third-order valence-electron chi connectivity index (χ3n) is 2.65. The number of nitrogens with zero attached hydrogens (tertiary/aromatic N) is 1. The van der Waals surface area contributed by atoms with Crippen molar-refractivity contribution in [3.05, 3.63) is 46.9 Å². The monoisotopic (exact) mass is 278 g/mol. The lowest BCUT2D eigenvalue weighted by molar-refractivity contribution is 0.0995. The van der Waals surface area contributed by atoms with Gasteiger partial charge in [-0.1, -0.05) is 11.6 Å². The second-order valence-corrected chi connectivity index (χ2v) is 4.86. The molecule has 0 radical (unpaired) electrons. The van der Waals surface area contributed by atoms with Gasteiger partial charge in [-0.15, -0.1) is 0 Å². The molecule has 4 nitrogen and oxygen atoms in total. The number of halogens is 1. The number of anilines is 2. The summed E-state index contributed by atoms with van der Waals surface area (Å²) in [6.07, 6.45) is 0. The maximum atomic E-state index is 12.0. The summed E-state index contributed by atoms with van der Waals surface area (Å²) in [4.78, 5) is 13.9. The smallest absolute Gasteiger partial charge is 0.291 e. The molecule has 1 aromatic heterocycles. The summed E-state index contributed by atoms with van der Waals surface area (Å²) in [5, 5.41) is 3.37. The maximum absolute atomic E-state index is 12.0. The zero-order chi connectivity index (χ0) is 14.0. The molecule has 0 unspecified atom stereocenters. The predicted molar refractivity (Wildman–Crippen MR) is 77.2 cm³/mol. The van der Waals surface area contributed by atoms with Crippen LogP contribution in [-0.4, -0.2) is 20.0 Å². The summed E-state index contributed by atoms with van der Waals surface area (Å²) in [5.41, 5.74) is 1.53. The molecular weight excluding hydrogens is 264 g/mol. The van der Waals surface area contributed by atoms with Gasteiger partial charge in [0.2, 0.25) is 0 Å². The van der Waals surface area contributed by atoms with E-state index in [-0.39, 0.29) is 11.7 Å². The van der Waals surface area contributed by atoms with Gasteiger partial charge < -0.3 is 14.6 Å². The number of carbonyl (C=O) groups excluding carboxylic acids is 1. The molecule has 0 spiro atoms. The fourth-order valence-corrected chi connectivity index (χ4v) is 1.91. The Balaban J connectivity index is 2.27. The SMILES string of the molecule is Cc1ccc(C(=O)Nc2cc(Cl)ccc2N(C)C)o1. The fourth-order valence-electron chi connectivity index (χ4n) is 1.74. The summed E-state index contributed by atoms with van der Waals surface area (Å²) in [5.74, 6) is 0.685. The molecule has 0 atom stereocenters. The van der Waals surface area contributed by atoms with Crippen molar-refractivity contribution in [2.45, 2.75) is 6.92 Å². The molecule has 1 N–H and O–H groups in total. The van der Waals surface area contributed by atoms with Crippen LogP contribution >= 0.6 is 11.6 Å². The highest BCUT2D eigenvalue weighted by Gasteiger charge is 2.13. The quantitative estimate of drug-likeness (QED) is 0.934. The van der Waals surface area contributed by atoms with Gasteiger partial charge in [-0.2, -0.15) is 0 Å². The molecular formula is C14H15ClN2O2. The van der Waals surface area contributed by atoms with E-state index in [0.717, 1.165) is 5.69 Å². The highest BCUT2D eigenvalue weighted by atomic mass is 35.5. The Morgan fingerprint density at radius 2 is 2.00 bits per heavy atom. The van der Waals surface area contributed by atoms with Crippen LogP contribution in [0.1, 0.15) is 16.3 Å². The number of hydrogen-bond donors (Lipinski definition) is 1. The minimum Gasteiger partial charge on any atom is -0.456 e. The van der Waals surface area contributed by atoms with E-state index in [9.17, 15) is 4.79 Å². The van der Waals surface area contributed by atoms with Crippen molar-refractivity contribution in [2.75, 3.05) is 24.3 Å². The van der Waals surface area contributed by atoms with Gasteiger partial charge in [-0.05, 0) is 37.3 Å². The van der Waals surface area contributed by atoms with E-state index >= 15 is 0 Å². The van der Waals surface area contributed by atoms with Crippen molar-refractivity contribution in [1.29, 1.82) is 0 Å². The Morgan fingerprint density at radius 1 is 1.26 bits per heavy atom. The molecule has 2 aromatic rings. The number of amides is 1. The van der Waals surface area contributed by atoms with Crippen molar-refractivity contribution < 1.29 is 9.21 Å². The Bertz CT molecular complexity index is 605. The lowest BCUT2D eigenvalue weighted by Crippen LogP contribution is -2.16. The topological polar surface area (TPSA) is 45.5 Å². The van der Waals surface area contributed by atoms with Crippen LogP contribution in [0.3, 0.4) is 0 Å². The number of rotatable bonds is 3. The number of nitrogens with one attached hydrogen (secondary N) is 1. The van der Waals surface area contributed by atoms with E-state index in [1.807, 2.05) is 25.1 Å². The number of aryl methyl sites for hydroxylation is 1. The molecule has 0 saturated carbocycles. The highest BCUT2D eigenvalue weighted by Crippen LogP contribution is 2.28. The molecule has 2 rings (SSSR count). The van der Waals surface area contributed by atoms with Crippen molar-refractivity contribution in [3.63, 3.8) is 0 Å². The Kier molecular flexibility index (Phi) is 3.81. The van der Waals surface area contributed by atoms with Gasteiger partial charge >= 0.3 is 0 Å². The Hall–Kier alpha value is -1.94. The van der Waals surface area contributed by atoms with Gasteiger partial charge in [0, 0.05) is 19.1 Å². The second kappa shape index (κ2) is 5.36. The van der Waals surface area contributed by atoms with E-state index in [1.165, 1.54) is 0 Å². The summed E-state index contributed by atoms with van der Waals surface area (Å²) < 4.78 is 5.29. The minimum absolute atomic E-state index is 0.280. The summed E-state index contributed by atoms with van der Waals surface area (Å²) >= 11 is 5.96. The summed E-state index contributed by atoms with van der Waals surface area (Å²) in [6.45, 7) is 1.79. The van der Waals surface area contributed by atoms with Crippen molar-refractivity contribution in [2.24, 2.45) is 0 Å². The van der Waals surface area contributed by atoms with E-state index in [4.69, 9.17) is 16.0 Å². The van der Waals surface area contributed by atoms with Crippen LogP contribution in [0.2, 0.25) is 5.02 Å². The normalized spacial score (nSPS) is 10.3. The molecule has 0 aliphatic rings. The predicted octanol–water partition coefficient (Wildman–Crippen LogP) is 3.56. The van der Waals surface area contributed by atoms with Crippen molar-refractivity contribution in [1.82, 2.24) is 0 Å². The molecule has 5 heteroatoms. The average molecular weight is 279 g/mol. The standard InChI is InChI=1S/C14H15ClN2O2/c1-9-4-7-13(19-9)14(18)16-11-8-10(15)5-6-12(11)17(2)3/h4-8H,1-3H3,(H,16,18). The molecule has 19 heavy (non-hydrogen) atoms. The minimum atomic E-state index is -0.293. The zero-order valence-corrected chi connectivity index (χ0v) is 11.8. The van der Waals surface area contributed by atoms with Gasteiger partial charge in [-0.3, -0.25) is 4.79 Å². The van der Waals surface area contributed by atoms with Crippen LogP contribution in [0.15, 0.2) is 34.7 Å². The fraction of sp³-hybridized carbons (Fsp3) is 0.214. The van der Waals surface area contributed by atoms with Crippen molar-refractivity contribution in [3.8, 4) is 0 Å². The first-order chi connectivity index (χ1) is 8.97. The van der Waals surface area contributed by atoms with Gasteiger partial charge in [0.05, 0.1) is 11.4 Å². The summed E-state index contributed by atoms with van der Waals surface area (Å²) in [7, 11) is 3.80. The molecule has 0 fully saturated rings. The first-order valence-corrected chi connectivity index (χ1v) is 6.20. The van der Waals surface area contributed by atoms with Gasteiger partial charge in [0.1, 0.15) is 5.76 Å². The lowest BCUT2D eigenvalue weighted by atomic mass is 10.2. The molecule has 0 saturated heterocycles. The second-order valence-electron chi connectivity index (χ2n) is 4.42. The van der Waals surface area contributed by atoms with Gasteiger partial charge in [-0.25, -0.2) is 0 Å². The highest BCUT2D eigenvalue weighted by molar-refractivity contribution is 6.31. The molecule has 0 bridgehead atoms. The average Bonchev–Trinajstić information content (AvgIpc) is 2.75. The Labute approximate surface area is 117 Å². The number of carbonyl (C=O) groups is 1. The molecule has 1 amide bonds.